The lowest BCUT2D eigenvalue weighted by atomic mass is 10.1. The predicted octanol–water partition coefficient (Wildman–Crippen LogP) is 2.19. The lowest BCUT2D eigenvalue weighted by molar-refractivity contribution is 0.0535. The number of piperazine rings is 1. The van der Waals surface area contributed by atoms with E-state index in [1.165, 1.54) is 0 Å². The zero-order chi connectivity index (χ0) is 18.7. The Kier molecular flexibility index (Phi) is 5.30. The predicted molar refractivity (Wildman–Crippen MR) is 99.6 cm³/mol. The van der Waals surface area contributed by atoms with Gasteiger partial charge in [0.25, 0.3) is 11.8 Å². The largest absolute Gasteiger partial charge is 0.496 e. The lowest BCUT2D eigenvalue weighted by Crippen LogP contribution is -2.50. The Labute approximate surface area is 154 Å². The Morgan fingerprint density at radius 3 is 2.12 bits per heavy atom. The minimum Gasteiger partial charge on any atom is -0.496 e. The molecule has 1 aromatic carbocycles. The van der Waals surface area contributed by atoms with Crippen LogP contribution in [0.25, 0.3) is 0 Å². The van der Waals surface area contributed by atoms with Gasteiger partial charge in [0, 0.05) is 51.2 Å². The zero-order valence-corrected chi connectivity index (χ0v) is 15.6. The molecule has 0 radical (unpaired) electrons. The molecule has 1 aromatic heterocycles. The monoisotopic (exact) mass is 355 g/mol. The Bertz CT molecular complexity index is 804. The van der Waals surface area contributed by atoms with Crippen molar-refractivity contribution in [1.29, 1.82) is 0 Å². The van der Waals surface area contributed by atoms with Gasteiger partial charge in [-0.3, -0.25) is 9.59 Å². The second kappa shape index (κ2) is 7.64. The number of carbonyl (C=O) groups is 2. The van der Waals surface area contributed by atoms with Gasteiger partial charge in [-0.05, 0) is 36.2 Å². The first-order valence-corrected chi connectivity index (χ1v) is 8.91. The van der Waals surface area contributed by atoms with Gasteiger partial charge in [-0.1, -0.05) is 6.92 Å². The summed E-state index contributed by atoms with van der Waals surface area (Å²) < 4.78 is 7.19. The molecular formula is C20H25N3O3. The maximum absolute atomic E-state index is 12.8. The summed E-state index contributed by atoms with van der Waals surface area (Å²) >= 11 is 0. The fourth-order valence-corrected chi connectivity index (χ4v) is 3.30. The van der Waals surface area contributed by atoms with Crippen molar-refractivity contribution in [3.63, 3.8) is 0 Å². The molecule has 0 spiro atoms. The molecule has 1 aliphatic heterocycles. The standard InChI is InChI=1S/C20H25N3O3/c1-4-15-13-16(5-6-18(15)26-3)19(24)22-9-11-23(12-10-22)20(25)17-7-8-21(2)14-17/h5-8,13-14H,4,9-12H2,1-3H3. The van der Waals surface area contributed by atoms with E-state index in [0.29, 0.717) is 37.3 Å². The van der Waals surface area contributed by atoms with E-state index in [1.54, 1.807) is 7.11 Å². The smallest absolute Gasteiger partial charge is 0.255 e. The number of benzene rings is 1. The van der Waals surface area contributed by atoms with Crippen LogP contribution in [0.5, 0.6) is 5.75 Å². The van der Waals surface area contributed by atoms with Gasteiger partial charge in [-0.2, -0.15) is 0 Å². The molecule has 0 bridgehead atoms. The van der Waals surface area contributed by atoms with Crippen LogP contribution in [0.2, 0.25) is 0 Å². The minimum atomic E-state index is 0.00848. The molecule has 6 nitrogen and oxygen atoms in total. The summed E-state index contributed by atoms with van der Waals surface area (Å²) in [6.45, 7) is 4.24. The fraction of sp³-hybridized carbons (Fsp3) is 0.400. The number of rotatable bonds is 4. The van der Waals surface area contributed by atoms with E-state index in [0.717, 1.165) is 17.7 Å². The average molecular weight is 355 g/mol. The molecule has 2 amide bonds. The van der Waals surface area contributed by atoms with Crippen LogP contribution in [0, 0.1) is 0 Å². The summed E-state index contributed by atoms with van der Waals surface area (Å²) in [6.07, 6.45) is 4.50. The lowest BCUT2D eigenvalue weighted by Gasteiger charge is -2.34. The number of nitrogens with zero attached hydrogens (tertiary/aromatic N) is 3. The maximum atomic E-state index is 12.8. The van der Waals surface area contributed by atoms with Gasteiger partial charge < -0.3 is 19.1 Å². The molecule has 1 fully saturated rings. The molecule has 3 rings (SSSR count). The van der Waals surface area contributed by atoms with Crippen molar-refractivity contribution in [2.45, 2.75) is 13.3 Å². The third kappa shape index (κ3) is 3.59. The number of amides is 2. The number of methoxy groups -OCH3 is 1. The van der Waals surface area contributed by atoms with Crippen LogP contribution in [-0.2, 0) is 13.5 Å². The minimum absolute atomic E-state index is 0.00848. The number of aromatic nitrogens is 1. The molecule has 1 saturated heterocycles. The summed E-state index contributed by atoms with van der Waals surface area (Å²) in [5.74, 6) is 0.840. The van der Waals surface area contributed by atoms with Crippen LogP contribution in [0.1, 0.15) is 33.2 Å². The van der Waals surface area contributed by atoms with E-state index >= 15 is 0 Å². The van der Waals surface area contributed by atoms with Crippen LogP contribution in [0.15, 0.2) is 36.7 Å². The highest BCUT2D eigenvalue weighted by atomic mass is 16.5. The Morgan fingerprint density at radius 2 is 1.62 bits per heavy atom. The molecule has 1 aliphatic rings. The van der Waals surface area contributed by atoms with Gasteiger partial charge in [0.15, 0.2) is 0 Å². The van der Waals surface area contributed by atoms with Gasteiger partial charge in [0.2, 0.25) is 0 Å². The summed E-state index contributed by atoms with van der Waals surface area (Å²) in [7, 11) is 3.53. The van der Waals surface area contributed by atoms with Crippen molar-refractivity contribution in [3.05, 3.63) is 53.3 Å². The zero-order valence-electron chi connectivity index (χ0n) is 15.6. The average Bonchev–Trinajstić information content (AvgIpc) is 3.12. The van der Waals surface area contributed by atoms with E-state index < -0.39 is 0 Å². The Balaban J connectivity index is 1.64. The van der Waals surface area contributed by atoms with Crippen LogP contribution >= 0.6 is 0 Å². The van der Waals surface area contributed by atoms with Crippen molar-refractivity contribution in [1.82, 2.24) is 14.4 Å². The van der Waals surface area contributed by atoms with Crippen molar-refractivity contribution in [2.75, 3.05) is 33.3 Å². The van der Waals surface area contributed by atoms with Gasteiger partial charge in [0.05, 0.1) is 12.7 Å². The van der Waals surface area contributed by atoms with E-state index in [1.807, 2.05) is 65.0 Å². The van der Waals surface area contributed by atoms with Gasteiger partial charge in [-0.25, -0.2) is 0 Å². The summed E-state index contributed by atoms with van der Waals surface area (Å²) in [5, 5.41) is 0. The maximum Gasteiger partial charge on any atom is 0.255 e. The summed E-state index contributed by atoms with van der Waals surface area (Å²) in [6, 6.07) is 7.38. The van der Waals surface area contributed by atoms with Crippen molar-refractivity contribution < 1.29 is 14.3 Å². The first-order chi connectivity index (χ1) is 12.5. The van der Waals surface area contributed by atoms with Gasteiger partial charge in [-0.15, -0.1) is 0 Å². The van der Waals surface area contributed by atoms with Gasteiger partial charge in [0.1, 0.15) is 5.75 Å². The van der Waals surface area contributed by atoms with Crippen molar-refractivity contribution in [2.24, 2.45) is 7.05 Å². The molecule has 26 heavy (non-hydrogen) atoms. The van der Waals surface area contributed by atoms with E-state index in [2.05, 4.69) is 0 Å². The molecule has 0 saturated carbocycles. The fourth-order valence-electron chi connectivity index (χ4n) is 3.30. The highest BCUT2D eigenvalue weighted by Crippen LogP contribution is 2.21. The third-order valence-corrected chi connectivity index (χ3v) is 4.84. The topological polar surface area (TPSA) is 54.8 Å². The third-order valence-electron chi connectivity index (χ3n) is 4.84. The second-order valence-electron chi connectivity index (χ2n) is 6.53. The molecule has 0 unspecified atom stereocenters. The van der Waals surface area contributed by atoms with Crippen LogP contribution in [-0.4, -0.2) is 59.5 Å². The molecular weight excluding hydrogens is 330 g/mol. The quantitative estimate of drug-likeness (QED) is 0.845. The SMILES string of the molecule is CCc1cc(C(=O)N2CCN(C(=O)c3ccn(C)c3)CC2)ccc1OC. The van der Waals surface area contributed by atoms with E-state index in [4.69, 9.17) is 4.74 Å². The Hall–Kier alpha value is -2.76. The normalized spacial score (nSPS) is 14.4. The Morgan fingerprint density at radius 1 is 1.00 bits per heavy atom. The molecule has 0 N–H and O–H groups in total. The molecule has 0 atom stereocenters. The molecule has 0 aliphatic carbocycles. The number of carbonyl (C=O) groups excluding carboxylic acids is 2. The first-order valence-electron chi connectivity index (χ1n) is 8.91. The second-order valence-corrected chi connectivity index (χ2v) is 6.53. The molecule has 6 heteroatoms. The van der Waals surface area contributed by atoms with E-state index in [-0.39, 0.29) is 11.8 Å². The highest BCUT2D eigenvalue weighted by molar-refractivity contribution is 5.96. The van der Waals surface area contributed by atoms with E-state index in [9.17, 15) is 9.59 Å². The summed E-state index contributed by atoms with van der Waals surface area (Å²) in [5.41, 5.74) is 2.39. The van der Waals surface area contributed by atoms with Crippen molar-refractivity contribution in [3.8, 4) is 5.75 Å². The number of hydrogen-bond donors (Lipinski definition) is 0. The number of aryl methyl sites for hydroxylation is 2. The summed E-state index contributed by atoms with van der Waals surface area (Å²) in [4.78, 5) is 28.9. The number of ether oxygens (including phenoxy) is 1. The molecule has 2 aromatic rings. The van der Waals surface area contributed by atoms with Crippen molar-refractivity contribution >= 4 is 11.8 Å². The first kappa shape index (κ1) is 18.0. The number of hydrogen-bond acceptors (Lipinski definition) is 3. The highest BCUT2D eigenvalue weighted by Gasteiger charge is 2.26. The van der Waals surface area contributed by atoms with Crippen LogP contribution in [0.4, 0.5) is 0 Å². The molecule has 138 valence electrons. The van der Waals surface area contributed by atoms with Gasteiger partial charge >= 0.3 is 0 Å². The molecule has 2 heterocycles. The van der Waals surface area contributed by atoms with Crippen LogP contribution < -0.4 is 4.74 Å². The van der Waals surface area contributed by atoms with Crippen LogP contribution in [0.3, 0.4) is 0 Å².